The summed E-state index contributed by atoms with van der Waals surface area (Å²) in [7, 11) is 1.62. The number of methoxy groups -OCH3 is 1. The van der Waals surface area contributed by atoms with Crippen LogP contribution in [0.4, 0.5) is 10.2 Å². The molecule has 1 saturated heterocycles. The van der Waals surface area contributed by atoms with E-state index in [-0.39, 0.29) is 22.9 Å². The lowest BCUT2D eigenvalue weighted by molar-refractivity contribution is -0.0441. The summed E-state index contributed by atoms with van der Waals surface area (Å²) in [6.07, 6.45) is 3.05. The molecule has 104 valence electrons. The predicted molar refractivity (Wildman–Crippen MR) is 69.2 cm³/mol. The smallest absolute Gasteiger partial charge is 0.257 e. The van der Waals surface area contributed by atoms with Crippen LogP contribution in [0.5, 0.6) is 0 Å². The number of ether oxygens (including phenoxy) is 1. The second-order valence-electron chi connectivity index (χ2n) is 5.04. The first-order valence-corrected chi connectivity index (χ1v) is 6.21. The minimum absolute atomic E-state index is 0.0344. The monoisotopic (exact) mass is 267 g/mol. The van der Waals surface area contributed by atoms with E-state index in [2.05, 4.69) is 4.98 Å². The number of nitrogens with two attached hydrogens (primary N) is 1. The van der Waals surface area contributed by atoms with Crippen molar-refractivity contribution in [3.05, 3.63) is 23.6 Å². The Balaban J connectivity index is 2.22. The van der Waals surface area contributed by atoms with Crippen LogP contribution < -0.4 is 5.73 Å². The third-order valence-corrected chi connectivity index (χ3v) is 3.59. The highest BCUT2D eigenvalue weighted by Crippen LogP contribution is 2.25. The van der Waals surface area contributed by atoms with Crippen molar-refractivity contribution in [3.8, 4) is 0 Å². The van der Waals surface area contributed by atoms with Crippen LogP contribution in [0.1, 0.15) is 30.1 Å². The van der Waals surface area contributed by atoms with Gasteiger partial charge in [-0.15, -0.1) is 0 Å². The zero-order valence-corrected chi connectivity index (χ0v) is 11.1. The Morgan fingerprint density at radius 2 is 2.37 bits per heavy atom. The molecule has 2 rings (SSSR count). The number of rotatable bonds is 2. The summed E-state index contributed by atoms with van der Waals surface area (Å²) in [6.45, 7) is 2.99. The zero-order valence-electron chi connectivity index (χ0n) is 11.1. The summed E-state index contributed by atoms with van der Waals surface area (Å²) < 4.78 is 19.2. The van der Waals surface area contributed by atoms with E-state index in [1.54, 1.807) is 12.0 Å². The first-order chi connectivity index (χ1) is 8.97. The van der Waals surface area contributed by atoms with Gasteiger partial charge in [0.2, 0.25) is 0 Å². The van der Waals surface area contributed by atoms with Gasteiger partial charge in [-0.2, -0.15) is 0 Å². The molecule has 1 aliphatic heterocycles. The Morgan fingerprint density at radius 1 is 1.63 bits per heavy atom. The Labute approximate surface area is 111 Å². The largest absolute Gasteiger partial charge is 0.381 e. The number of amides is 1. The van der Waals surface area contributed by atoms with Gasteiger partial charge in [0.1, 0.15) is 0 Å². The van der Waals surface area contributed by atoms with E-state index in [9.17, 15) is 9.18 Å². The van der Waals surface area contributed by atoms with Crippen molar-refractivity contribution < 1.29 is 13.9 Å². The number of anilines is 1. The van der Waals surface area contributed by atoms with E-state index in [1.807, 2.05) is 6.92 Å². The molecule has 0 radical (unpaired) electrons. The first kappa shape index (κ1) is 13.7. The van der Waals surface area contributed by atoms with Crippen molar-refractivity contribution in [1.82, 2.24) is 9.88 Å². The van der Waals surface area contributed by atoms with E-state index < -0.39 is 5.82 Å². The van der Waals surface area contributed by atoms with E-state index in [1.165, 1.54) is 12.3 Å². The van der Waals surface area contributed by atoms with Crippen LogP contribution in [-0.4, -0.2) is 41.6 Å². The van der Waals surface area contributed by atoms with Gasteiger partial charge in [0.15, 0.2) is 11.6 Å². The van der Waals surface area contributed by atoms with Gasteiger partial charge in [0.05, 0.1) is 11.2 Å². The Hall–Kier alpha value is -1.69. The van der Waals surface area contributed by atoms with E-state index >= 15 is 0 Å². The molecule has 6 heteroatoms. The zero-order chi connectivity index (χ0) is 14.0. The molecule has 1 unspecified atom stereocenters. The molecule has 1 aromatic heterocycles. The molecular formula is C13H18FN3O2. The van der Waals surface area contributed by atoms with Gasteiger partial charge in [-0.25, -0.2) is 9.37 Å². The molecule has 1 fully saturated rings. The minimum atomic E-state index is -0.753. The van der Waals surface area contributed by atoms with Crippen LogP contribution in [-0.2, 0) is 4.74 Å². The molecule has 2 N–H and O–H groups in total. The van der Waals surface area contributed by atoms with Gasteiger partial charge in [-0.05, 0) is 25.8 Å². The van der Waals surface area contributed by atoms with Crippen molar-refractivity contribution in [3.63, 3.8) is 0 Å². The number of nitrogen functional groups attached to an aromatic ring is 1. The van der Waals surface area contributed by atoms with Crippen LogP contribution in [0.15, 0.2) is 12.3 Å². The fourth-order valence-electron chi connectivity index (χ4n) is 2.34. The molecule has 1 amide bonds. The second kappa shape index (κ2) is 5.13. The molecule has 1 aliphatic rings. The number of carbonyl (C=O) groups excluding carboxylic acids is 1. The number of piperidine rings is 1. The highest BCUT2D eigenvalue weighted by Gasteiger charge is 2.34. The molecule has 1 aromatic rings. The highest BCUT2D eigenvalue weighted by molar-refractivity contribution is 5.95. The maximum Gasteiger partial charge on any atom is 0.257 e. The number of carbonyl (C=O) groups is 1. The summed E-state index contributed by atoms with van der Waals surface area (Å²) in [4.78, 5) is 17.5. The maximum atomic E-state index is 13.8. The Morgan fingerprint density at radius 3 is 3.05 bits per heavy atom. The number of nitrogens with zero attached hydrogens (tertiary/aromatic N) is 2. The van der Waals surface area contributed by atoms with Gasteiger partial charge < -0.3 is 15.4 Å². The summed E-state index contributed by atoms with van der Waals surface area (Å²) in [5, 5.41) is 0. The van der Waals surface area contributed by atoms with Crippen molar-refractivity contribution >= 4 is 11.7 Å². The highest BCUT2D eigenvalue weighted by atomic mass is 19.1. The molecule has 0 spiro atoms. The molecule has 0 aromatic carbocycles. The minimum Gasteiger partial charge on any atom is -0.381 e. The van der Waals surface area contributed by atoms with Crippen LogP contribution in [0.3, 0.4) is 0 Å². The summed E-state index contributed by atoms with van der Waals surface area (Å²) in [5.41, 5.74) is 4.98. The molecule has 1 atom stereocenters. The SMILES string of the molecule is COC1(C)CCCN(C(=O)c2ccnc(N)c2F)C1. The fraction of sp³-hybridized carbons (Fsp3) is 0.538. The standard InChI is InChI=1S/C13H18FN3O2/c1-13(19-2)5-3-7-17(8-13)12(18)9-4-6-16-11(15)10(9)14/h4,6H,3,5,7-8H2,1-2H3,(H2,15,16). The lowest BCUT2D eigenvalue weighted by Crippen LogP contribution is -2.49. The number of halogens is 1. The summed E-state index contributed by atoms with van der Waals surface area (Å²) in [6, 6.07) is 1.35. The molecule has 5 nitrogen and oxygen atoms in total. The average Bonchev–Trinajstić information content (AvgIpc) is 2.41. The van der Waals surface area contributed by atoms with Crippen molar-refractivity contribution in [2.75, 3.05) is 25.9 Å². The molecule has 0 aliphatic carbocycles. The molecule has 0 bridgehead atoms. The van der Waals surface area contributed by atoms with Gasteiger partial charge in [0, 0.05) is 26.4 Å². The van der Waals surface area contributed by atoms with Crippen molar-refractivity contribution in [1.29, 1.82) is 0 Å². The number of hydrogen-bond donors (Lipinski definition) is 1. The van der Waals surface area contributed by atoms with Gasteiger partial charge in [-0.1, -0.05) is 0 Å². The van der Waals surface area contributed by atoms with E-state index in [4.69, 9.17) is 10.5 Å². The molecule has 0 saturated carbocycles. The molecule has 2 heterocycles. The summed E-state index contributed by atoms with van der Waals surface area (Å²) >= 11 is 0. The first-order valence-electron chi connectivity index (χ1n) is 6.21. The van der Waals surface area contributed by atoms with Gasteiger partial charge in [0.25, 0.3) is 5.91 Å². The van der Waals surface area contributed by atoms with Gasteiger partial charge >= 0.3 is 0 Å². The lowest BCUT2D eigenvalue weighted by atomic mass is 9.94. The predicted octanol–water partition coefficient (Wildman–Crippen LogP) is 1.44. The number of likely N-dealkylation sites (tertiary alicyclic amines) is 1. The second-order valence-corrected chi connectivity index (χ2v) is 5.04. The average molecular weight is 267 g/mol. The third kappa shape index (κ3) is 2.68. The summed E-state index contributed by atoms with van der Waals surface area (Å²) in [5.74, 6) is -1.37. The van der Waals surface area contributed by atoms with Gasteiger partial charge in [-0.3, -0.25) is 4.79 Å². The number of pyridine rings is 1. The van der Waals surface area contributed by atoms with Crippen molar-refractivity contribution in [2.24, 2.45) is 0 Å². The van der Waals surface area contributed by atoms with E-state index in [0.717, 1.165) is 12.8 Å². The fourth-order valence-corrected chi connectivity index (χ4v) is 2.34. The Bertz CT molecular complexity index is 495. The maximum absolute atomic E-state index is 13.8. The third-order valence-electron chi connectivity index (χ3n) is 3.59. The molecule has 19 heavy (non-hydrogen) atoms. The van der Waals surface area contributed by atoms with Crippen LogP contribution >= 0.6 is 0 Å². The normalized spacial score (nSPS) is 23.4. The van der Waals surface area contributed by atoms with Crippen LogP contribution in [0.2, 0.25) is 0 Å². The van der Waals surface area contributed by atoms with Crippen LogP contribution in [0.25, 0.3) is 0 Å². The Kier molecular flexibility index (Phi) is 3.71. The molecular weight excluding hydrogens is 249 g/mol. The lowest BCUT2D eigenvalue weighted by Gasteiger charge is -2.39. The van der Waals surface area contributed by atoms with Crippen molar-refractivity contribution in [2.45, 2.75) is 25.4 Å². The van der Waals surface area contributed by atoms with Crippen LogP contribution in [0, 0.1) is 5.82 Å². The number of aromatic nitrogens is 1. The topological polar surface area (TPSA) is 68.5 Å². The quantitative estimate of drug-likeness (QED) is 0.880. The van der Waals surface area contributed by atoms with E-state index in [0.29, 0.717) is 13.1 Å². The number of hydrogen-bond acceptors (Lipinski definition) is 4.